The van der Waals surface area contributed by atoms with Gasteiger partial charge >= 0.3 is 5.97 Å². The van der Waals surface area contributed by atoms with Crippen molar-refractivity contribution in [3.05, 3.63) is 47.3 Å². The molecule has 22 heavy (non-hydrogen) atoms. The van der Waals surface area contributed by atoms with Crippen molar-refractivity contribution < 1.29 is 18.5 Å². The van der Waals surface area contributed by atoms with Crippen LogP contribution < -0.4 is 0 Å². The Morgan fingerprint density at radius 1 is 1.50 bits per heavy atom. The van der Waals surface area contributed by atoms with E-state index < -0.39 is 12.1 Å². The zero-order chi connectivity index (χ0) is 15.7. The number of aryl methyl sites for hydroxylation is 1. The van der Waals surface area contributed by atoms with Crippen molar-refractivity contribution in [1.29, 1.82) is 0 Å². The van der Waals surface area contributed by atoms with E-state index in [0.717, 1.165) is 0 Å². The number of ether oxygens (including phenoxy) is 1. The van der Waals surface area contributed by atoms with Crippen LogP contribution in [0.4, 0.5) is 0 Å². The Balaban J connectivity index is 1.73. The van der Waals surface area contributed by atoms with E-state index in [-0.39, 0.29) is 5.89 Å². The summed E-state index contributed by atoms with van der Waals surface area (Å²) < 4.78 is 17.1. The highest BCUT2D eigenvalue weighted by Gasteiger charge is 2.22. The van der Waals surface area contributed by atoms with E-state index >= 15 is 0 Å². The molecule has 8 heteroatoms. The third-order valence-electron chi connectivity index (χ3n) is 3.00. The summed E-state index contributed by atoms with van der Waals surface area (Å²) in [4.78, 5) is 16.2. The molecule has 0 spiro atoms. The molecule has 1 atom stereocenters. The molecule has 7 nitrogen and oxygen atoms in total. The molecule has 0 bridgehead atoms. The number of furan rings is 1. The summed E-state index contributed by atoms with van der Waals surface area (Å²) in [5.41, 5.74) is 0.336. The third kappa shape index (κ3) is 2.75. The first kappa shape index (κ1) is 14.4. The summed E-state index contributed by atoms with van der Waals surface area (Å²) in [6.07, 6.45) is 2.43. The van der Waals surface area contributed by atoms with E-state index in [0.29, 0.717) is 22.3 Å². The van der Waals surface area contributed by atoms with Gasteiger partial charge in [-0.05, 0) is 25.1 Å². The number of aromatic nitrogens is 3. The van der Waals surface area contributed by atoms with Crippen LogP contribution in [0.25, 0.3) is 11.6 Å². The lowest BCUT2D eigenvalue weighted by molar-refractivity contribution is 0.0254. The highest BCUT2D eigenvalue weighted by Crippen LogP contribution is 2.22. The van der Waals surface area contributed by atoms with Gasteiger partial charge in [0.2, 0.25) is 5.82 Å². The zero-order valence-corrected chi connectivity index (χ0v) is 12.6. The summed E-state index contributed by atoms with van der Waals surface area (Å²) in [7, 11) is 1.70. The Bertz CT molecular complexity index is 791. The van der Waals surface area contributed by atoms with Gasteiger partial charge in [0.1, 0.15) is 5.69 Å². The molecule has 3 aromatic rings. The lowest BCUT2D eigenvalue weighted by Crippen LogP contribution is -2.12. The van der Waals surface area contributed by atoms with Crippen LogP contribution in [0.2, 0.25) is 5.02 Å². The average Bonchev–Trinajstić information content (AvgIpc) is 3.17. The van der Waals surface area contributed by atoms with Gasteiger partial charge in [-0.2, -0.15) is 4.98 Å². The average molecular weight is 322 g/mol. The number of hydrogen-bond acceptors (Lipinski definition) is 6. The molecule has 0 fully saturated rings. The molecule has 0 aliphatic rings. The molecule has 0 saturated heterocycles. The minimum absolute atomic E-state index is 0.181. The lowest BCUT2D eigenvalue weighted by Gasteiger charge is -2.09. The second-order valence-corrected chi connectivity index (χ2v) is 5.07. The van der Waals surface area contributed by atoms with Gasteiger partial charge in [-0.3, -0.25) is 0 Å². The second kappa shape index (κ2) is 5.69. The Labute approximate surface area is 130 Å². The maximum atomic E-state index is 12.1. The van der Waals surface area contributed by atoms with Crippen molar-refractivity contribution in [1.82, 2.24) is 14.7 Å². The molecule has 0 amide bonds. The number of carbonyl (C=O) groups is 1. The van der Waals surface area contributed by atoms with Gasteiger partial charge in [-0.25, -0.2) is 4.79 Å². The van der Waals surface area contributed by atoms with Crippen molar-refractivity contribution in [2.75, 3.05) is 0 Å². The van der Waals surface area contributed by atoms with E-state index in [1.165, 1.54) is 12.3 Å². The van der Waals surface area contributed by atoms with Crippen LogP contribution in [0.15, 0.2) is 39.6 Å². The molecule has 0 aromatic carbocycles. The molecule has 3 rings (SSSR count). The number of hydrogen-bond donors (Lipinski definition) is 0. The third-order valence-corrected chi connectivity index (χ3v) is 3.20. The first-order valence-corrected chi connectivity index (χ1v) is 6.82. The van der Waals surface area contributed by atoms with E-state index in [2.05, 4.69) is 10.1 Å². The highest BCUT2D eigenvalue weighted by molar-refractivity contribution is 6.30. The van der Waals surface area contributed by atoms with Crippen molar-refractivity contribution >= 4 is 17.6 Å². The second-order valence-electron chi connectivity index (χ2n) is 4.64. The Hall–Kier alpha value is -2.54. The van der Waals surface area contributed by atoms with E-state index in [1.54, 1.807) is 36.9 Å². The van der Waals surface area contributed by atoms with Gasteiger partial charge in [-0.15, -0.1) is 0 Å². The molecule has 0 saturated carbocycles. The van der Waals surface area contributed by atoms with Crippen molar-refractivity contribution in [2.24, 2.45) is 7.05 Å². The molecular weight excluding hydrogens is 310 g/mol. The first-order chi connectivity index (χ1) is 10.5. The standard InChI is InChI=1S/C14H12ClN3O4/c1-8(21-14(19)10-6-9(15)7-18(10)2)13-16-12(17-22-13)11-4-3-5-20-11/h3-8H,1-2H3/t8-/m1/s1. The van der Waals surface area contributed by atoms with Crippen molar-refractivity contribution in [3.8, 4) is 11.6 Å². The molecule has 0 aliphatic carbocycles. The lowest BCUT2D eigenvalue weighted by atomic mass is 10.3. The minimum atomic E-state index is -0.697. The normalized spacial score (nSPS) is 12.3. The van der Waals surface area contributed by atoms with Crippen LogP contribution in [0.5, 0.6) is 0 Å². The fourth-order valence-corrected chi connectivity index (χ4v) is 2.15. The van der Waals surface area contributed by atoms with Gasteiger partial charge in [0, 0.05) is 13.2 Å². The smallest absolute Gasteiger partial charge is 0.355 e. The van der Waals surface area contributed by atoms with Gasteiger partial charge < -0.3 is 18.2 Å². The van der Waals surface area contributed by atoms with E-state index in [4.69, 9.17) is 25.3 Å². The topological polar surface area (TPSA) is 83.3 Å². The zero-order valence-electron chi connectivity index (χ0n) is 11.8. The summed E-state index contributed by atoms with van der Waals surface area (Å²) in [6.45, 7) is 1.64. The molecule has 0 radical (unpaired) electrons. The summed E-state index contributed by atoms with van der Waals surface area (Å²) >= 11 is 5.84. The number of rotatable bonds is 4. The quantitative estimate of drug-likeness (QED) is 0.686. The van der Waals surface area contributed by atoms with Gasteiger partial charge in [0.25, 0.3) is 5.89 Å². The maximum absolute atomic E-state index is 12.1. The first-order valence-electron chi connectivity index (χ1n) is 6.45. The Morgan fingerprint density at radius 2 is 2.32 bits per heavy atom. The van der Waals surface area contributed by atoms with Crippen molar-refractivity contribution in [2.45, 2.75) is 13.0 Å². The fraction of sp³-hybridized carbons (Fsp3) is 0.214. The number of nitrogens with zero attached hydrogens (tertiary/aromatic N) is 3. The Morgan fingerprint density at radius 3 is 2.95 bits per heavy atom. The summed E-state index contributed by atoms with van der Waals surface area (Å²) in [5, 5.41) is 4.24. The van der Waals surface area contributed by atoms with Crippen molar-refractivity contribution in [3.63, 3.8) is 0 Å². The van der Waals surface area contributed by atoms with Crippen LogP contribution in [-0.2, 0) is 11.8 Å². The summed E-state index contributed by atoms with van der Waals surface area (Å²) in [5.74, 6) is 0.423. The van der Waals surface area contributed by atoms with Gasteiger partial charge in [0.15, 0.2) is 11.9 Å². The number of halogens is 1. The summed E-state index contributed by atoms with van der Waals surface area (Å²) in [6, 6.07) is 4.95. The van der Waals surface area contributed by atoms with Crippen LogP contribution in [0.1, 0.15) is 29.4 Å². The predicted molar refractivity (Wildman–Crippen MR) is 76.3 cm³/mol. The SMILES string of the molecule is C[C@@H](OC(=O)c1cc(Cl)cn1C)c1nc(-c2ccco2)no1. The minimum Gasteiger partial charge on any atom is -0.461 e. The molecular formula is C14H12ClN3O4. The van der Waals surface area contributed by atoms with Gasteiger partial charge in [0.05, 0.1) is 11.3 Å². The fourth-order valence-electron chi connectivity index (χ4n) is 1.90. The molecule has 0 aliphatic heterocycles. The molecule has 114 valence electrons. The highest BCUT2D eigenvalue weighted by atomic mass is 35.5. The molecule has 0 unspecified atom stereocenters. The monoisotopic (exact) mass is 321 g/mol. The molecule has 3 heterocycles. The predicted octanol–water partition coefficient (Wildman–Crippen LogP) is 3.24. The van der Waals surface area contributed by atoms with Crippen LogP contribution in [-0.4, -0.2) is 20.7 Å². The maximum Gasteiger partial charge on any atom is 0.355 e. The van der Waals surface area contributed by atoms with Crippen LogP contribution >= 0.6 is 11.6 Å². The Kier molecular flexibility index (Phi) is 3.72. The van der Waals surface area contributed by atoms with Crippen LogP contribution in [0, 0.1) is 0 Å². The largest absolute Gasteiger partial charge is 0.461 e. The van der Waals surface area contributed by atoms with Crippen LogP contribution in [0.3, 0.4) is 0 Å². The van der Waals surface area contributed by atoms with Gasteiger partial charge in [-0.1, -0.05) is 16.8 Å². The number of carbonyl (C=O) groups excluding carboxylic acids is 1. The molecule has 3 aromatic heterocycles. The van der Waals surface area contributed by atoms with E-state index in [9.17, 15) is 4.79 Å². The molecule has 0 N–H and O–H groups in total. The van der Waals surface area contributed by atoms with E-state index in [1.807, 2.05) is 0 Å². The number of esters is 1.